The third kappa shape index (κ3) is 4.07. The zero-order valence-corrected chi connectivity index (χ0v) is 16.0. The van der Waals surface area contributed by atoms with Crippen molar-refractivity contribution < 1.29 is 23.9 Å². The maximum Gasteiger partial charge on any atom is 0.294 e. The van der Waals surface area contributed by atoms with Gasteiger partial charge >= 0.3 is 0 Å². The molecule has 0 atom stereocenters. The molecule has 28 heavy (non-hydrogen) atoms. The third-order valence-electron chi connectivity index (χ3n) is 4.13. The summed E-state index contributed by atoms with van der Waals surface area (Å²) < 4.78 is 13.6. The summed E-state index contributed by atoms with van der Waals surface area (Å²) in [6.07, 6.45) is 1.54. The second-order valence-electron chi connectivity index (χ2n) is 6.30. The van der Waals surface area contributed by atoms with Gasteiger partial charge in [0.2, 0.25) is 5.91 Å². The maximum absolute atomic E-state index is 13.6. The Balaban J connectivity index is 1.75. The minimum Gasteiger partial charge on any atom is -0.507 e. The predicted molar refractivity (Wildman–Crippen MR) is 105 cm³/mol. The van der Waals surface area contributed by atoms with Gasteiger partial charge in [0.05, 0.1) is 10.6 Å². The quantitative estimate of drug-likeness (QED) is 0.762. The Bertz CT molecular complexity index is 996. The highest BCUT2D eigenvalue weighted by atomic mass is 32.2. The van der Waals surface area contributed by atoms with Crippen molar-refractivity contribution in [1.29, 1.82) is 0 Å². The van der Waals surface area contributed by atoms with Crippen LogP contribution in [-0.2, 0) is 9.59 Å². The molecule has 6 nitrogen and oxygen atoms in total. The zero-order valence-electron chi connectivity index (χ0n) is 15.2. The van der Waals surface area contributed by atoms with Crippen LogP contribution >= 0.6 is 11.8 Å². The van der Waals surface area contributed by atoms with E-state index in [4.69, 9.17) is 0 Å². The van der Waals surface area contributed by atoms with Gasteiger partial charge in [-0.1, -0.05) is 12.1 Å². The number of aryl methyl sites for hydroxylation is 2. The van der Waals surface area contributed by atoms with Crippen LogP contribution in [0, 0.1) is 19.7 Å². The summed E-state index contributed by atoms with van der Waals surface area (Å²) >= 11 is 0.726. The molecule has 2 aromatic rings. The van der Waals surface area contributed by atoms with Crippen LogP contribution in [0.15, 0.2) is 41.3 Å². The lowest BCUT2D eigenvalue weighted by Crippen LogP contribution is -2.36. The number of benzene rings is 2. The first kappa shape index (κ1) is 19.6. The smallest absolute Gasteiger partial charge is 0.294 e. The topological polar surface area (TPSA) is 86.7 Å². The highest BCUT2D eigenvalue weighted by Gasteiger charge is 2.36. The van der Waals surface area contributed by atoms with E-state index in [9.17, 15) is 23.9 Å². The van der Waals surface area contributed by atoms with Gasteiger partial charge in [-0.2, -0.15) is 0 Å². The lowest BCUT2D eigenvalue weighted by Gasteiger charge is -2.12. The first-order valence-electron chi connectivity index (χ1n) is 8.36. The van der Waals surface area contributed by atoms with E-state index in [2.05, 4.69) is 5.32 Å². The van der Waals surface area contributed by atoms with Gasteiger partial charge in [-0.05, 0) is 72.6 Å². The summed E-state index contributed by atoms with van der Waals surface area (Å²) in [5.74, 6) is -1.70. The second kappa shape index (κ2) is 7.85. The molecule has 0 unspecified atom stereocenters. The van der Waals surface area contributed by atoms with Gasteiger partial charge in [0.25, 0.3) is 11.1 Å². The van der Waals surface area contributed by atoms with Crippen LogP contribution in [0.3, 0.4) is 0 Å². The number of rotatable bonds is 4. The molecule has 0 aromatic heterocycles. The number of phenolic OH excluding ortho intramolecular Hbond substituents is 1. The molecule has 2 N–H and O–H groups in total. The lowest BCUT2D eigenvalue weighted by atomic mass is 10.1. The molecule has 0 bridgehead atoms. The van der Waals surface area contributed by atoms with Crippen molar-refractivity contribution in [3.8, 4) is 5.75 Å². The fourth-order valence-electron chi connectivity index (χ4n) is 2.76. The number of nitrogens with zero attached hydrogens (tertiary/aromatic N) is 1. The number of anilines is 1. The average Bonchev–Trinajstić information content (AvgIpc) is 2.89. The predicted octanol–water partition coefficient (Wildman–Crippen LogP) is 3.82. The van der Waals surface area contributed by atoms with Gasteiger partial charge in [-0.25, -0.2) is 4.39 Å². The van der Waals surface area contributed by atoms with Gasteiger partial charge in [0.1, 0.15) is 18.1 Å². The number of phenols is 1. The Labute approximate surface area is 165 Å². The fraction of sp³-hybridized carbons (Fsp3) is 0.150. The number of carbonyl (C=O) groups excluding carboxylic acids is 3. The first-order valence-corrected chi connectivity index (χ1v) is 9.18. The van der Waals surface area contributed by atoms with E-state index in [1.54, 1.807) is 38.1 Å². The summed E-state index contributed by atoms with van der Waals surface area (Å²) in [6, 6.07) is 9.01. The maximum atomic E-state index is 13.6. The van der Waals surface area contributed by atoms with E-state index in [1.165, 1.54) is 18.2 Å². The molecule has 0 spiro atoms. The molecule has 2 aromatic carbocycles. The molecule has 144 valence electrons. The average molecular weight is 400 g/mol. The molecule has 1 aliphatic heterocycles. The molecule has 1 saturated heterocycles. The van der Waals surface area contributed by atoms with Crippen LogP contribution in [0.4, 0.5) is 14.9 Å². The number of halogens is 1. The minimum absolute atomic E-state index is 0.0231. The summed E-state index contributed by atoms with van der Waals surface area (Å²) in [6.45, 7) is 2.96. The van der Waals surface area contributed by atoms with Gasteiger partial charge in [0, 0.05) is 0 Å². The van der Waals surface area contributed by atoms with E-state index >= 15 is 0 Å². The molecule has 1 aliphatic rings. The van der Waals surface area contributed by atoms with E-state index in [1.807, 2.05) is 0 Å². The Morgan fingerprint density at radius 2 is 1.86 bits per heavy atom. The van der Waals surface area contributed by atoms with Crippen molar-refractivity contribution >= 4 is 40.6 Å². The van der Waals surface area contributed by atoms with Gasteiger partial charge in [-0.15, -0.1) is 0 Å². The van der Waals surface area contributed by atoms with Crippen LogP contribution in [0.2, 0.25) is 0 Å². The number of amides is 3. The third-order valence-corrected chi connectivity index (χ3v) is 5.04. The van der Waals surface area contributed by atoms with Crippen molar-refractivity contribution in [2.45, 2.75) is 13.8 Å². The monoisotopic (exact) mass is 400 g/mol. The largest absolute Gasteiger partial charge is 0.507 e. The highest BCUT2D eigenvalue weighted by molar-refractivity contribution is 8.18. The van der Waals surface area contributed by atoms with Crippen LogP contribution in [0.5, 0.6) is 5.75 Å². The molecule has 0 radical (unpaired) electrons. The molecule has 3 amide bonds. The lowest BCUT2D eigenvalue weighted by molar-refractivity contribution is -0.127. The summed E-state index contributed by atoms with van der Waals surface area (Å²) in [5.41, 5.74) is 1.93. The highest BCUT2D eigenvalue weighted by Crippen LogP contribution is 2.33. The first-order chi connectivity index (χ1) is 13.3. The number of imide groups is 1. The van der Waals surface area contributed by atoms with Gasteiger partial charge in [-0.3, -0.25) is 19.3 Å². The Morgan fingerprint density at radius 1 is 1.21 bits per heavy atom. The van der Waals surface area contributed by atoms with Crippen molar-refractivity contribution in [3.63, 3.8) is 0 Å². The zero-order chi connectivity index (χ0) is 20.4. The molecule has 0 aliphatic carbocycles. The number of thioether (sulfide) groups is 1. The number of nitrogens with one attached hydrogen (secondary N) is 1. The van der Waals surface area contributed by atoms with Crippen molar-refractivity contribution in [2.24, 2.45) is 0 Å². The SMILES string of the molecule is Cc1cc(C=C2SC(=O)N(CC(=O)Nc3ccccc3F)C2=O)cc(C)c1O. The van der Waals surface area contributed by atoms with Crippen LogP contribution in [-0.4, -0.2) is 33.6 Å². The van der Waals surface area contributed by atoms with Crippen molar-refractivity contribution in [3.05, 3.63) is 63.8 Å². The number of carbonyl (C=O) groups is 3. The molecule has 3 rings (SSSR count). The minimum atomic E-state index is -0.676. The number of para-hydroxylation sites is 1. The van der Waals surface area contributed by atoms with Gasteiger partial charge < -0.3 is 10.4 Å². The molecular formula is C20H17FN2O4S. The Kier molecular flexibility index (Phi) is 5.51. The van der Waals surface area contributed by atoms with Crippen LogP contribution in [0.25, 0.3) is 6.08 Å². The van der Waals surface area contributed by atoms with Crippen molar-refractivity contribution in [2.75, 3.05) is 11.9 Å². The molecule has 1 heterocycles. The standard InChI is InChI=1S/C20H17FN2O4S/c1-11-7-13(8-12(2)18(11)25)9-16-19(26)23(20(27)28-16)10-17(24)22-15-6-4-3-5-14(15)21/h3-9,25H,10H2,1-2H3,(H,22,24). The Morgan fingerprint density at radius 3 is 2.50 bits per heavy atom. The Hall–Kier alpha value is -3.13. The second-order valence-corrected chi connectivity index (χ2v) is 7.29. The van der Waals surface area contributed by atoms with E-state index in [0.29, 0.717) is 16.7 Å². The summed E-state index contributed by atoms with van der Waals surface area (Å²) in [7, 11) is 0. The molecular weight excluding hydrogens is 383 g/mol. The number of aromatic hydroxyl groups is 1. The van der Waals surface area contributed by atoms with Crippen molar-refractivity contribution in [1.82, 2.24) is 4.90 Å². The molecule has 8 heteroatoms. The number of hydrogen-bond acceptors (Lipinski definition) is 5. The van der Waals surface area contributed by atoms with Gasteiger partial charge in [0.15, 0.2) is 0 Å². The van der Waals surface area contributed by atoms with E-state index in [0.717, 1.165) is 16.7 Å². The van der Waals surface area contributed by atoms with E-state index < -0.39 is 29.4 Å². The van der Waals surface area contributed by atoms with Crippen LogP contribution in [0.1, 0.15) is 16.7 Å². The normalized spacial score (nSPS) is 15.4. The fourth-order valence-corrected chi connectivity index (χ4v) is 3.59. The van der Waals surface area contributed by atoms with Crippen LogP contribution < -0.4 is 5.32 Å². The van der Waals surface area contributed by atoms with E-state index in [-0.39, 0.29) is 16.3 Å². The number of hydrogen-bond donors (Lipinski definition) is 2. The summed E-state index contributed by atoms with van der Waals surface area (Å²) in [4.78, 5) is 37.8. The molecule has 1 fully saturated rings. The summed E-state index contributed by atoms with van der Waals surface area (Å²) in [5, 5.41) is 11.6. The molecule has 0 saturated carbocycles.